The summed E-state index contributed by atoms with van der Waals surface area (Å²) in [5.41, 5.74) is 28.4. The van der Waals surface area contributed by atoms with Crippen LogP contribution >= 0.6 is 0 Å². The number of benzene rings is 10. The first-order valence-electron chi connectivity index (χ1n) is 22.6. The molecule has 0 amide bonds. The second kappa shape index (κ2) is 15.5. The molecule has 12 rings (SSSR count). The Balaban J connectivity index is 1.17. The van der Waals surface area contributed by atoms with Gasteiger partial charge >= 0.3 is 0 Å². The lowest BCUT2D eigenvalue weighted by Gasteiger charge is -2.26. The first-order chi connectivity index (χ1) is 31.6. The second-order valence-electron chi connectivity index (χ2n) is 17.5. The number of aryl methyl sites for hydroxylation is 2. The molecule has 2 aliphatic rings. The number of rotatable bonds is 7. The van der Waals surface area contributed by atoms with Crippen molar-refractivity contribution in [3.05, 3.63) is 275 Å². The van der Waals surface area contributed by atoms with Gasteiger partial charge in [-0.25, -0.2) is 0 Å². The smallest absolute Gasteiger partial charge is 0.0364 e. The summed E-state index contributed by atoms with van der Waals surface area (Å²) in [5, 5.41) is 0. The molecule has 0 fully saturated rings. The minimum Gasteiger partial charge on any atom is -0.0622 e. The summed E-state index contributed by atoms with van der Waals surface area (Å²) in [6.45, 7) is 4.50. The molecule has 10 aromatic carbocycles. The van der Waals surface area contributed by atoms with E-state index in [0.29, 0.717) is 0 Å². The summed E-state index contributed by atoms with van der Waals surface area (Å²) in [7, 11) is 0. The van der Waals surface area contributed by atoms with E-state index in [2.05, 4.69) is 244 Å². The Hall–Kier alpha value is -7.80. The van der Waals surface area contributed by atoms with Crippen molar-refractivity contribution in [3.63, 3.8) is 0 Å². The van der Waals surface area contributed by atoms with Gasteiger partial charge in [0.25, 0.3) is 0 Å². The predicted molar refractivity (Wildman–Crippen MR) is 269 cm³/mol. The van der Waals surface area contributed by atoms with Gasteiger partial charge in [-0.3, -0.25) is 0 Å². The van der Waals surface area contributed by atoms with Crippen molar-refractivity contribution in [1.82, 2.24) is 0 Å². The van der Waals surface area contributed by atoms with E-state index >= 15 is 0 Å². The maximum absolute atomic E-state index is 2.49. The third-order valence-electron chi connectivity index (χ3n) is 14.0. The van der Waals surface area contributed by atoms with Gasteiger partial charge in [0.1, 0.15) is 0 Å². The molecular weight excluding hydrogens is 769 g/mol. The summed E-state index contributed by atoms with van der Waals surface area (Å²) < 4.78 is 0. The highest BCUT2D eigenvalue weighted by atomic mass is 14.4. The van der Waals surface area contributed by atoms with Crippen LogP contribution in [0.25, 0.3) is 77.9 Å². The highest BCUT2D eigenvalue weighted by molar-refractivity contribution is 5.93. The third kappa shape index (κ3) is 6.13. The zero-order chi connectivity index (χ0) is 42.7. The van der Waals surface area contributed by atoms with Crippen molar-refractivity contribution in [3.8, 4) is 77.9 Å². The Bertz CT molecular complexity index is 3120. The minimum atomic E-state index is 0.0495. The molecule has 0 saturated heterocycles. The molecule has 0 radical (unpaired) electrons. The minimum absolute atomic E-state index is 0.0495. The van der Waals surface area contributed by atoms with Gasteiger partial charge in [-0.1, -0.05) is 212 Å². The Labute approximate surface area is 376 Å². The van der Waals surface area contributed by atoms with Crippen LogP contribution < -0.4 is 0 Å². The molecule has 0 atom stereocenters. The molecule has 64 heavy (non-hydrogen) atoms. The summed E-state index contributed by atoms with van der Waals surface area (Å²) in [6, 6.07) is 86.4. The molecule has 0 spiro atoms. The molecular formula is C64H46. The van der Waals surface area contributed by atoms with Crippen molar-refractivity contribution in [2.24, 2.45) is 0 Å². The predicted octanol–water partition coefficient (Wildman–Crippen LogP) is 17.0. The SMILES string of the molecule is Cc1ccccc1-c1cccc(-c2cc(-c3ccccc3)cc(-c3cccc(-c4ccccc4C)c3C3c4ccccc4-c4ccccc43)c2)c1C1c2ccccc2-c2ccccc21. The van der Waals surface area contributed by atoms with Crippen molar-refractivity contribution in [2.75, 3.05) is 0 Å². The molecule has 0 aliphatic heterocycles. The van der Waals surface area contributed by atoms with Crippen LogP contribution in [0.4, 0.5) is 0 Å². The van der Waals surface area contributed by atoms with E-state index in [9.17, 15) is 0 Å². The molecule has 10 aromatic rings. The Morgan fingerprint density at radius 1 is 0.219 bits per heavy atom. The van der Waals surface area contributed by atoms with Crippen molar-refractivity contribution < 1.29 is 0 Å². The Kier molecular flexibility index (Phi) is 9.20. The van der Waals surface area contributed by atoms with Gasteiger partial charge in [0.05, 0.1) is 0 Å². The van der Waals surface area contributed by atoms with Crippen LogP contribution in [0.2, 0.25) is 0 Å². The quantitative estimate of drug-likeness (QED) is 0.150. The molecule has 302 valence electrons. The number of fused-ring (bicyclic) bond motifs is 6. The fourth-order valence-electron chi connectivity index (χ4n) is 11.1. The number of hydrogen-bond donors (Lipinski definition) is 0. The topological polar surface area (TPSA) is 0 Å². The average molecular weight is 815 g/mol. The lowest BCUT2D eigenvalue weighted by molar-refractivity contribution is 1.02. The van der Waals surface area contributed by atoms with E-state index in [-0.39, 0.29) is 11.8 Å². The molecule has 0 bridgehead atoms. The van der Waals surface area contributed by atoms with Crippen LogP contribution in [0.1, 0.15) is 56.3 Å². The molecule has 0 saturated carbocycles. The van der Waals surface area contributed by atoms with E-state index in [1.807, 2.05) is 0 Å². The monoisotopic (exact) mass is 814 g/mol. The Morgan fingerprint density at radius 3 is 0.906 bits per heavy atom. The maximum atomic E-state index is 2.49. The summed E-state index contributed by atoms with van der Waals surface area (Å²) in [5.74, 6) is 0.0990. The highest BCUT2D eigenvalue weighted by Gasteiger charge is 2.35. The van der Waals surface area contributed by atoms with Crippen molar-refractivity contribution in [2.45, 2.75) is 25.7 Å². The van der Waals surface area contributed by atoms with Gasteiger partial charge < -0.3 is 0 Å². The van der Waals surface area contributed by atoms with Crippen LogP contribution in [0, 0.1) is 13.8 Å². The molecule has 0 nitrogen and oxygen atoms in total. The van der Waals surface area contributed by atoms with Gasteiger partial charge in [0.2, 0.25) is 0 Å². The second-order valence-corrected chi connectivity index (χ2v) is 17.5. The molecule has 0 heterocycles. The first-order valence-corrected chi connectivity index (χ1v) is 22.6. The molecule has 0 aromatic heterocycles. The Morgan fingerprint density at radius 2 is 0.516 bits per heavy atom. The largest absolute Gasteiger partial charge is 0.0622 e. The van der Waals surface area contributed by atoms with E-state index < -0.39 is 0 Å². The van der Waals surface area contributed by atoms with E-state index in [0.717, 1.165) is 0 Å². The highest BCUT2D eigenvalue weighted by Crippen LogP contribution is 2.55. The van der Waals surface area contributed by atoms with Crippen molar-refractivity contribution >= 4 is 0 Å². The van der Waals surface area contributed by atoms with Crippen LogP contribution in [-0.2, 0) is 0 Å². The van der Waals surface area contributed by atoms with Crippen LogP contribution in [-0.4, -0.2) is 0 Å². The molecule has 0 N–H and O–H groups in total. The summed E-state index contributed by atoms with van der Waals surface area (Å²) >= 11 is 0. The van der Waals surface area contributed by atoms with Crippen LogP contribution in [0.15, 0.2) is 231 Å². The van der Waals surface area contributed by atoms with Gasteiger partial charge in [0.15, 0.2) is 0 Å². The summed E-state index contributed by atoms with van der Waals surface area (Å²) in [4.78, 5) is 0. The van der Waals surface area contributed by atoms with Gasteiger partial charge in [0, 0.05) is 11.8 Å². The van der Waals surface area contributed by atoms with Crippen molar-refractivity contribution in [1.29, 1.82) is 0 Å². The van der Waals surface area contributed by atoms with E-state index in [1.165, 1.54) is 122 Å². The third-order valence-corrected chi connectivity index (χ3v) is 14.0. The fraction of sp³-hybridized carbons (Fsp3) is 0.0625. The van der Waals surface area contributed by atoms with E-state index in [1.54, 1.807) is 0 Å². The normalized spacial score (nSPS) is 12.7. The zero-order valence-electron chi connectivity index (χ0n) is 36.1. The summed E-state index contributed by atoms with van der Waals surface area (Å²) in [6.07, 6.45) is 0. The van der Waals surface area contributed by atoms with Gasteiger partial charge in [-0.15, -0.1) is 0 Å². The maximum Gasteiger partial charge on any atom is 0.0364 e. The first kappa shape index (κ1) is 37.9. The zero-order valence-corrected chi connectivity index (χ0v) is 36.1. The standard InChI is InChI=1S/C64H46/c1-41-20-6-8-24-47(41)55-36-18-34-49(61(55)63-57-30-14-10-26-51(57)52-27-11-15-31-58(52)63)45-38-44(43-22-4-3-5-23-43)39-46(40-45)50-35-19-37-56(48-25-9-7-21-42(48)2)62(50)64-59-32-16-12-28-53(59)54-29-13-17-33-60(54)64/h3-40,63-64H,1-2H3. The molecule has 0 unspecified atom stereocenters. The van der Waals surface area contributed by atoms with E-state index in [4.69, 9.17) is 0 Å². The van der Waals surface area contributed by atoms with Crippen LogP contribution in [0.5, 0.6) is 0 Å². The fourth-order valence-corrected chi connectivity index (χ4v) is 11.1. The average Bonchev–Trinajstić information content (AvgIpc) is 3.87. The van der Waals surface area contributed by atoms with Gasteiger partial charge in [-0.2, -0.15) is 0 Å². The number of hydrogen-bond acceptors (Lipinski definition) is 0. The molecule has 2 aliphatic carbocycles. The molecule has 0 heteroatoms. The lowest BCUT2D eigenvalue weighted by atomic mass is 9.77. The van der Waals surface area contributed by atoms with Gasteiger partial charge in [-0.05, 0) is 154 Å². The lowest BCUT2D eigenvalue weighted by Crippen LogP contribution is -2.06. The van der Waals surface area contributed by atoms with Crippen LogP contribution in [0.3, 0.4) is 0 Å².